The quantitative estimate of drug-likeness (QED) is 0.837. The molecule has 1 aromatic rings. The van der Waals surface area contributed by atoms with E-state index in [4.69, 9.17) is 4.74 Å². The highest BCUT2D eigenvalue weighted by molar-refractivity contribution is 8.00. The van der Waals surface area contributed by atoms with E-state index >= 15 is 0 Å². The SMILES string of the molecule is COc1ccc(SCC(=O)N2CC(C)(O)C2)cc1. The highest BCUT2D eigenvalue weighted by Gasteiger charge is 2.38. The number of carbonyl (C=O) groups excluding carboxylic acids is 1. The Balaban J connectivity index is 1.79. The van der Waals surface area contributed by atoms with Crippen LogP contribution in [-0.2, 0) is 4.79 Å². The number of hydrogen-bond acceptors (Lipinski definition) is 4. The Morgan fingerprint density at radius 3 is 2.56 bits per heavy atom. The van der Waals surface area contributed by atoms with E-state index in [9.17, 15) is 9.90 Å². The molecule has 0 atom stereocenters. The van der Waals surface area contributed by atoms with Gasteiger partial charge < -0.3 is 14.7 Å². The number of thioether (sulfide) groups is 1. The van der Waals surface area contributed by atoms with Crippen LogP contribution in [0.25, 0.3) is 0 Å². The summed E-state index contributed by atoms with van der Waals surface area (Å²) in [6.45, 7) is 2.62. The van der Waals surface area contributed by atoms with Crippen molar-refractivity contribution in [2.45, 2.75) is 17.4 Å². The Labute approximate surface area is 111 Å². The van der Waals surface area contributed by atoms with Crippen LogP contribution in [0.15, 0.2) is 29.2 Å². The molecule has 1 N–H and O–H groups in total. The first kappa shape index (κ1) is 13.2. The van der Waals surface area contributed by atoms with Gasteiger partial charge in [0.15, 0.2) is 0 Å². The second-order valence-electron chi connectivity index (χ2n) is 4.71. The summed E-state index contributed by atoms with van der Waals surface area (Å²) in [5, 5.41) is 9.56. The molecule has 1 amide bonds. The maximum atomic E-state index is 11.8. The Bertz CT molecular complexity index is 422. The van der Waals surface area contributed by atoms with Gasteiger partial charge in [-0.2, -0.15) is 0 Å². The Hall–Kier alpha value is -1.20. The fourth-order valence-electron chi connectivity index (χ4n) is 1.86. The van der Waals surface area contributed by atoms with Crippen LogP contribution in [0.1, 0.15) is 6.92 Å². The largest absolute Gasteiger partial charge is 0.497 e. The number of hydrogen-bond donors (Lipinski definition) is 1. The summed E-state index contributed by atoms with van der Waals surface area (Å²) in [6, 6.07) is 7.62. The number of β-amino-alcohol motifs (C(OH)–C–C–N with tert-alkyl or cyclic N) is 1. The van der Waals surface area contributed by atoms with Gasteiger partial charge in [0.2, 0.25) is 5.91 Å². The fraction of sp³-hybridized carbons (Fsp3) is 0.462. The van der Waals surface area contributed by atoms with E-state index in [0.717, 1.165) is 10.6 Å². The first-order valence-electron chi connectivity index (χ1n) is 5.77. The van der Waals surface area contributed by atoms with Gasteiger partial charge in [0.05, 0.1) is 31.6 Å². The van der Waals surface area contributed by atoms with Gasteiger partial charge in [0.25, 0.3) is 0 Å². The molecule has 0 spiro atoms. The van der Waals surface area contributed by atoms with Crippen molar-refractivity contribution in [3.8, 4) is 5.75 Å². The van der Waals surface area contributed by atoms with Gasteiger partial charge in [-0.05, 0) is 31.2 Å². The van der Waals surface area contributed by atoms with Crippen molar-refractivity contribution in [2.75, 3.05) is 26.0 Å². The average molecular weight is 267 g/mol. The highest BCUT2D eigenvalue weighted by atomic mass is 32.2. The van der Waals surface area contributed by atoms with Crippen molar-refractivity contribution in [1.29, 1.82) is 0 Å². The van der Waals surface area contributed by atoms with E-state index in [-0.39, 0.29) is 5.91 Å². The van der Waals surface area contributed by atoms with Crippen molar-refractivity contribution >= 4 is 17.7 Å². The summed E-state index contributed by atoms with van der Waals surface area (Å²) in [7, 11) is 1.63. The van der Waals surface area contributed by atoms with E-state index in [0.29, 0.717) is 18.8 Å². The van der Waals surface area contributed by atoms with Crippen molar-refractivity contribution < 1.29 is 14.6 Å². The van der Waals surface area contributed by atoms with E-state index in [2.05, 4.69) is 0 Å². The molecule has 1 aromatic carbocycles. The first-order chi connectivity index (χ1) is 8.50. The number of benzene rings is 1. The first-order valence-corrected chi connectivity index (χ1v) is 6.76. The predicted molar refractivity (Wildman–Crippen MR) is 70.9 cm³/mol. The maximum Gasteiger partial charge on any atom is 0.233 e. The molecule has 18 heavy (non-hydrogen) atoms. The summed E-state index contributed by atoms with van der Waals surface area (Å²) in [4.78, 5) is 14.5. The topological polar surface area (TPSA) is 49.8 Å². The summed E-state index contributed by atoms with van der Waals surface area (Å²) < 4.78 is 5.07. The average Bonchev–Trinajstić information content (AvgIpc) is 2.33. The van der Waals surface area contributed by atoms with E-state index in [1.54, 1.807) is 18.9 Å². The molecule has 0 aliphatic carbocycles. The molecule has 0 unspecified atom stereocenters. The minimum Gasteiger partial charge on any atom is -0.497 e. The Kier molecular flexibility index (Phi) is 3.82. The molecule has 1 fully saturated rings. The van der Waals surface area contributed by atoms with E-state index < -0.39 is 5.60 Å². The normalized spacial score (nSPS) is 17.2. The molecular formula is C13H17NO3S. The van der Waals surface area contributed by atoms with Gasteiger partial charge in [-0.3, -0.25) is 4.79 Å². The lowest BCUT2D eigenvalue weighted by molar-refractivity contribution is -0.149. The van der Waals surface area contributed by atoms with Gasteiger partial charge in [-0.1, -0.05) is 0 Å². The van der Waals surface area contributed by atoms with Crippen molar-refractivity contribution in [1.82, 2.24) is 4.90 Å². The van der Waals surface area contributed by atoms with Crippen LogP contribution in [0, 0.1) is 0 Å². The second-order valence-corrected chi connectivity index (χ2v) is 5.76. The number of carbonyl (C=O) groups is 1. The van der Waals surface area contributed by atoms with Gasteiger partial charge in [0, 0.05) is 4.90 Å². The van der Waals surface area contributed by atoms with Crippen LogP contribution in [0.3, 0.4) is 0 Å². The lowest BCUT2D eigenvalue weighted by atomic mass is 9.97. The van der Waals surface area contributed by atoms with Crippen molar-refractivity contribution in [3.05, 3.63) is 24.3 Å². The van der Waals surface area contributed by atoms with Gasteiger partial charge in [0.1, 0.15) is 5.75 Å². The van der Waals surface area contributed by atoms with E-state index in [1.807, 2.05) is 24.3 Å². The lowest BCUT2D eigenvalue weighted by Crippen LogP contribution is -2.62. The van der Waals surface area contributed by atoms with Crippen molar-refractivity contribution in [2.24, 2.45) is 0 Å². The third-order valence-electron chi connectivity index (χ3n) is 2.84. The summed E-state index contributed by atoms with van der Waals surface area (Å²) in [5.41, 5.74) is -0.694. The molecule has 1 saturated heterocycles. The molecule has 0 saturated carbocycles. The Morgan fingerprint density at radius 2 is 2.06 bits per heavy atom. The molecule has 0 bridgehead atoms. The van der Waals surface area contributed by atoms with Crippen LogP contribution < -0.4 is 4.74 Å². The van der Waals surface area contributed by atoms with Crippen LogP contribution in [0.5, 0.6) is 5.75 Å². The number of methoxy groups -OCH3 is 1. The summed E-state index contributed by atoms with van der Waals surface area (Å²) in [6.07, 6.45) is 0. The second kappa shape index (κ2) is 5.20. The van der Waals surface area contributed by atoms with Gasteiger partial charge >= 0.3 is 0 Å². The van der Waals surface area contributed by atoms with Crippen LogP contribution >= 0.6 is 11.8 Å². The number of likely N-dealkylation sites (tertiary alicyclic amines) is 1. The molecule has 0 aromatic heterocycles. The number of nitrogens with zero attached hydrogens (tertiary/aromatic N) is 1. The molecule has 5 heteroatoms. The number of amides is 1. The molecular weight excluding hydrogens is 250 g/mol. The molecule has 98 valence electrons. The standard InChI is InChI=1S/C13H17NO3S/c1-13(16)8-14(9-13)12(15)7-18-11-5-3-10(17-2)4-6-11/h3-6,16H,7-9H2,1-2H3. The minimum atomic E-state index is -0.694. The summed E-state index contributed by atoms with van der Waals surface area (Å²) >= 11 is 1.50. The number of rotatable bonds is 4. The zero-order valence-corrected chi connectivity index (χ0v) is 11.4. The fourth-order valence-corrected chi connectivity index (χ4v) is 2.66. The number of ether oxygens (including phenoxy) is 1. The zero-order valence-electron chi connectivity index (χ0n) is 10.5. The van der Waals surface area contributed by atoms with Crippen LogP contribution in [0.2, 0.25) is 0 Å². The molecule has 4 nitrogen and oxygen atoms in total. The van der Waals surface area contributed by atoms with Gasteiger partial charge in [-0.25, -0.2) is 0 Å². The maximum absolute atomic E-state index is 11.8. The van der Waals surface area contributed by atoms with Gasteiger partial charge in [-0.15, -0.1) is 11.8 Å². The molecule has 1 aliphatic heterocycles. The van der Waals surface area contributed by atoms with Crippen LogP contribution in [0.4, 0.5) is 0 Å². The molecule has 1 heterocycles. The third-order valence-corrected chi connectivity index (χ3v) is 3.83. The van der Waals surface area contributed by atoms with E-state index in [1.165, 1.54) is 11.8 Å². The van der Waals surface area contributed by atoms with Crippen molar-refractivity contribution in [3.63, 3.8) is 0 Å². The monoisotopic (exact) mass is 267 g/mol. The molecule has 1 aliphatic rings. The molecule has 0 radical (unpaired) electrons. The highest BCUT2D eigenvalue weighted by Crippen LogP contribution is 2.24. The lowest BCUT2D eigenvalue weighted by Gasteiger charge is -2.44. The zero-order chi connectivity index (χ0) is 13.2. The number of aliphatic hydroxyl groups is 1. The third kappa shape index (κ3) is 3.17. The molecule has 2 rings (SSSR count). The van der Waals surface area contributed by atoms with Crippen LogP contribution in [-0.4, -0.2) is 47.5 Å². The minimum absolute atomic E-state index is 0.0716. The summed E-state index contributed by atoms with van der Waals surface area (Å²) in [5.74, 6) is 1.29. The smallest absolute Gasteiger partial charge is 0.233 e. The Morgan fingerprint density at radius 1 is 1.44 bits per heavy atom. The predicted octanol–water partition coefficient (Wildman–Crippen LogP) is 1.38.